The van der Waals surface area contributed by atoms with Crippen molar-refractivity contribution in [1.82, 2.24) is 0 Å². The van der Waals surface area contributed by atoms with Gasteiger partial charge in [0.15, 0.2) is 5.17 Å². The average Bonchev–Trinajstić information content (AvgIpc) is 2.30. The molecule has 0 aromatic rings. The van der Waals surface area contributed by atoms with Gasteiger partial charge in [0.2, 0.25) is 0 Å². The van der Waals surface area contributed by atoms with Crippen LogP contribution in [0.25, 0.3) is 0 Å². The fraction of sp³-hybridized carbons (Fsp3) is 0.273. The Kier molecular flexibility index (Phi) is 5.23. The van der Waals surface area contributed by atoms with Gasteiger partial charge < -0.3 is 5.73 Å². The lowest BCUT2D eigenvalue weighted by atomic mass is 10.0. The first kappa shape index (κ1) is 12.9. The molecule has 0 aliphatic heterocycles. The fourth-order valence-corrected chi connectivity index (χ4v) is 2.68. The van der Waals surface area contributed by atoms with Crippen molar-refractivity contribution in [2.45, 2.75) is 6.42 Å². The minimum absolute atomic E-state index is 0.272. The van der Waals surface area contributed by atoms with Crippen molar-refractivity contribution < 1.29 is 0 Å². The third kappa shape index (κ3) is 3.47. The smallest absolute Gasteiger partial charge is 0.158 e. The summed E-state index contributed by atoms with van der Waals surface area (Å²) in [5.41, 5.74) is 5.69. The highest BCUT2D eigenvalue weighted by Gasteiger charge is 2.17. The van der Waals surface area contributed by atoms with Crippen molar-refractivity contribution in [3.63, 3.8) is 0 Å². The first-order valence-corrected chi connectivity index (χ1v) is 6.35. The molecule has 0 amide bonds. The van der Waals surface area contributed by atoms with Gasteiger partial charge in [0.1, 0.15) is 5.40 Å². The monoisotopic (exact) mass is 251 g/mol. The molecule has 0 fully saturated rings. The summed E-state index contributed by atoms with van der Waals surface area (Å²) in [5.74, 6) is 0.272. The SMILES string of the molecule is C=CC1CC=C(SC#N)C=C1SC(N)=NC. The first-order valence-electron chi connectivity index (χ1n) is 4.71. The zero-order valence-electron chi connectivity index (χ0n) is 9.01. The van der Waals surface area contributed by atoms with Gasteiger partial charge in [0, 0.05) is 22.8 Å². The van der Waals surface area contributed by atoms with E-state index in [1.165, 1.54) is 23.5 Å². The summed E-state index contributed by atoms with van der Waals surface area (Å²) in [6, 6.07) is 0. The van der Waals surface area contributed by atoms with Gasteiger partial charge in [-0.25, -0.2) is 0 Å². The van der Waals surface area contributed by atoms with E-state index in [9.17, 15) is 0 Å². The number of thioether (sulfide) groups is 2. The summed E-state index contributed by atoms with van der Waals surface area (Å²) < 4.78 is 0. The van der Waals surface area contributed by atoms with Gasteiger partial charge in [-0.2, -0.15) is 5.26 Å². The van der Waals surface area contributed by atoms with Crippen LogP contribution in [0.2, 0.25) is 0 Å². The molecule has 1 aliphatic rings. The molecular weight excluding hydrogens is 238 g/mol. The summed E-state index contributed by atoms with van der Waals surface area (Å²) in [6.07, 6.45) is 6.78. The van der Waals surface area contributed by atoms with Crippen LogP contribution >= 0.6 is 23.5 Å². The normalized spacial score (nSPS) is 20.8. The Morgan fingerprint density at radius 3 is 3.12 bits per heavy atom. The number of aliphatic imine (C=N–C) groups is 1. The molecule has 1 rings (SSSR count). The first-order chi connectivity index (χ1) is 7.71. The number of rotatable bonds is 3. The molecule has 5 heteroatoms. The van der Waals surface area contributed by atoms with E-state index in [-0.39, 0.29) is 5.92 Å². The van der Waals surface area contributed by atoms with E-state index in [4.69, 9.17) is 11.0 Å². The molecule has 0 radical (unpaired) electrons. The van der Waals surface area contributed by atoms with E-state index in [0.29, 0.717) is 5.17 Å². The predicted molar refractivity (Wildman–Crippen MR) is 72.8 cm³/mol. The second-order valence-electron chi connectivity index (χ2n) is 3.09. The summed E-state index contributed by atoms with van der Waals surface area (Å²) >= 11 is 2.60. The number of hydrogen-bond acceptors (Lipinski definition) is 4. The van der Waals surface area contributed by atoms with Crippen molar-refractivity contribution in [1.29, 1.82) is 5.26 Å². The second-order valence-corrected chi connectivity index (χ2v) is 5.04. The number of allylic oxidation sites excluding steroid dienone is 4. The topological polar surface area (TPSA) is 62.2 Å². The van der Waals surface area contributed by atoms with Crippen LogP contribution in [-0.2, 0) is 0 Å². The molecule has 0 spiro atoms. The van der Waals surface area contributed by atoms with Gasteiger partial charge in [-0.05, 0) is 24.3 Å². The van der Waals surface area contributed by atoms with E-state index in [2.05, 4.69) is 17.0 Å². The average molecular weight is 251 g/mol. The molecule has 0 saturated heterocycles. The molecule has 2 N–H and O–H groups in total. The third-order valence-electron chi connectivity index (χ3n) is 2.11. The van der Waals surface area contributed by atoms with Crippen molar-refractivity contribution in [3.8, 4) is 5.40 Å². The van der Waals surface area contributed by atoms with Crippen LogP contribution in [0.5, 0.6) is 0 Å². The van der Waals surface area contributed by atoms with Crippen LogP contribution in [0.15, 0.2) is 39.6 Å². The highest BCUT2D eigenvalue weighted by Crippen LogP contribution is 2.36. The molecule has 0 aromatic carbocycles. The Morgan fingerprint density at radius 2 is 2.56 bits per heavy atom. The lowest BCUT2D eigenvalue weighted by molar-refractivity contribution is 0.810. The molecule has 1 unspecified atom stereocenters. The predicted octanol–water partition coefficient (Wildman–Crippen LogP) is 2.85. The largest absolute Gasteiger partial charge is 0.378 e. The van der Waals surface area contributed by atoms with E-state index in [1.807, 2.05) is 18.2 Å². The molecule has 1 aliphatic carbocycles. The quantitative estimate of drug-likeness (QED) is 0.362. The lowest BCUT2D eigenvalue weighted by Crippen LogP contribution is -2.10. The maximum Gasteiger partial charge on any atom is 0.158 e. The van der Waals surface area contributed by atoms with Gasteiger partial charge in [-0.3, -0.25) is 4.99 Å². The van der Waals surface area contributed by atoms with Crippen molar-refractivity contribution >= 4 is 28.7 Å². The number of amidine groups is 1. The number of hydrogen-bond donors (Lipinski definition) is 1. The van der Waals surface area contributed by atoms with Gasteiger partial charge >= 0.3 is 0 Å². The molecule has 16 heavy (non-hydrogen) atoms. The summed E-state index contributed by atoms with van der Waals surface area (Å²) in [5, 5.41) is 11.2. The van der Waals surface area contributed by atoms with Crippen LogP contribution < -0.4 is 5.73 Å². The number of nitrogens with two attached hydrogens (primary N) is 1. The van der Waals surface area contributed by atoms with Crippen molar-refractivity contribution in [3.05, 3.63) is 34.6 Å². The molecular formula is C11H13N3S2. The molecule has 0 bridgehead atoms. The van der Waals surface area contributed by atoms with Crippen LogP contribution in [0, 0.1) is 16.6 Å². The zero-order valence-corrected chi connectivity index (χ0v) is 10.6. The maximum atomic E-state index is 8.62. The molecule has 0 heterocycles. The molecule has 1 atom stereocenters. The van der Waals surface area contributed by atoms with E-state index < -0.39 is 0 Å². The third-order valence-corrected chi connectivity index (χ3v) is 3.77. The van der Waals surface area contributed by atoms with Crippen molar-refractivity contribution in [2.75, 3.05) is 7.05 Å². The Bertz CT molecular complexity index is 402. The highest BCUT2D eigenvalue weighted by molar-refractivity contribution is 8.17. The Morgan fingerprint density at radius 1 is 1.81 bits per heavy atom. The lowest BCUT2D eigenvalue weighted by Gasteiger charge is -2.18. The Labute approximate surface area is 104 Å². The summed E-state index contributed by atoms with van der Waals surface area (Å²) in [6.45, 7) is 3.80. The molecule has 0 aromatic heterocycles. The van der Waals surface area contributed by atoms with Crippen molar-refractivity contribution in [2.24, 2.45) is 16.6 Å². The summed E-state index contributed by atoms with van der Waals surface area (Å²) in [7, 11) is 1.66. The van der Waals surface area contributed by atoms with Crippen LogP contribution in [-0.4, -0.2) is 12.2 Å². The van der Waals surface area contributed by atoms with E-state index in [0.717, 1.165) is 16.2 Å². The fourth-order valence-electron chi connectivity index (χ4n) is 1.27. The van der Waals surface area contributed by atoms with Gasteiger partial charge in [0.05, 0.1) is 0 Å². The number of nitrogens with zero attached hydrogens (tertiary/aromatic N) is 2. The Balaban J connectivity index is 2.85. The maximum absolute atomic E-state index is 8.62. The molecule has 0 saturated carbocycles. The number of thiocyanates is 1. The molecule has 3 nitrogen and oxygen atoms in total. The van der Waals surface area contributed by atoms with E-state index >= 15 is 0 Å². The standard InChI is InChI=1S/C11H13N3S2/c1-3-8-4-5-9(15-7-12)6-10(8)16-11(13)14-2/h3,5-6,8H,1,4H2,2H3,(H2,13,14). The summed E-state index contributed by atoms with van der Waals surface area (Å²) in [4.78, 5) is 5.97. The van der Waals surface area contributed by atoms with Crippen LogP contribution in [0.3, 0.4) is 0 Å². The van der Waals surface area contributed by atoms with E-state index in [1.54, 1.807) is 7.05 Å². The minimum Gasteiger partial charge on any atom is -0.378 e. The highest BCUT2D eigenvalue weighted by atomic mass is 32.2. The number of nitriles is 1. The van der Waals surface area contributed by atoms with Crippen LogP contribution in [0.1, 0.15) is 6.42 Å². The minimum atomic E-state index is 0.272. The second kappa shape index (κ2) is 6.46. The molecule has 84 valence electrons. The zero-order chi connectivity index (χ0) is 12.0. The van der Waals surface area contributed by atoms with Gasteiger partial charge in [-0.15, -0.1) is 6.58 Å². The van der Waals surface area contributed by atoms with Gasteiger partial charge in [0.25, 0.3) is 0 Å². The van der Waals surface area contributed by atoms with Gasteiger partial charge in [-0.1, -0.05) is 23.9 Å². The van der Waals surface area contributed by atoms with Crippen LogP contribution in [0.4, 0.5) is 0 Å². The Hall–Kier alpha value is -1.12.